The fourth-order valence-corrected chi connectivity index (χ4v) is 13.5. The molecule has 9 heterocycles. The fraction of sp³-hybridized carbons (Fsp3) is 0.966. The SMILES string of the molecule is CC(=O)N[C@H]1[C@H](O[C@H]2[C@@H](O)[C@@H](CO[C@@H]3O[C@H](CO)[C@@H](O[C@@H]4O[C@H](CO)[C@H](O)[C@H](O)[C@H]4O)[C@@H](O[C@@H]4O[C@@H](C)[C@@H](O)[C@@H](O)[C@@H]4O)[C@H]3NC(C)=O)O[C@@H](O[C@H]3[C@H](O)[C@@H](O)[C@H](O)O[C@@H]3CO)[C@@H]2O)O[C@H](CO)[C@@H](O[C@@H]2O[C@@H](C)[C@@H](O)[C@@H](O)[C@@H]2O)[C@@H]1O[C@@H]1O[C@H](CO)[C@H](O)[C@H](O)[C@H]1O[C@@H]1O[C@@H](C)[C@@H](O)[C@@H](O)[C@@H]1O. The van der Waals surface area contributed by atoms with E-state index in [1.165, 1.54) is 20.8 Å². The first kappa shape index (κ1) is 84.3. The van der Waals surface area contributed by atoms with Crippen LogP contribution in [0.4, 0.5) is 0 Å². The van der Waals surface area contributed by atoms with Crippen LogP contribution in [0.3, 0.4) is 0 Å². The molecule has 9 saturated heterocycles. The van der Waals surface area contributed by atoms with Crippen LogP contribution >= 0.6 is 0 Å². The zero-order valence-electron chi connectivity index (χ0n) is 55.7. The molecule has 103 heavy (non-hydrogen) atoms. The van der Waals surface area contributed by atoms with Crippen LogP contribution in [0.15, 0.2) is 0 Å². The average molecular weight is 1510 g/mol. The fourth-order valence-electron chi connectivity index (χ4n) is 13.5. The van der Waals surface area contributed by atoms with Gasteiger partial charge in [-0.2, -0.15) is 0 Å². The van der Waals surface area contributed by atoms with Gasteiger partial charge in [0.25, 0.3) is 0 Å². The first-order valence-corrected chi connectivity index (χ1v) is 33.2. The van der Waals surface area contributed by atoms with Crippen molar-refractivity contribution < 1.29 is 213 Å². The van der Waals surface area contributed by atoms with Crippen molar-refractivity contribution in [2.75, 3.05) is 39.6 Å². The smallest absolute Gasteiger partial charge is 0.217 e. The molecule has 0 aromatic rings. The van der Waals surface area contributed by atoms with Gasteiger partial charge in [0, 0.05) is 13.8 Å². The molecule has 2 amide bonds. The normalized spacial score (nSPS) is 52.3. The average Bonchev–Trinajstić information content (AvgIpc) is 0.767. The monoisotopic (exact) mass is 1510 g/mol. The Kier molecular flexibility index (Phi) is 29.5. The van der Waals surface area contributed by atoms with E-state index in [2.05, 4.69) is 10.6 Å². The predicted octanol–water partition coefficient (Wildman–Crippen LogP) is -17.3. The second kappa shape index (κ2) is 36.0. The molecule has 9 fully saturated rings. The van der Waals surface area contributed by atoms with Gasteiger partial charge >= 0.3 is 0 Å². The molecule has 0 bridgehead atoms. The Balaban J connectivity index is 1.10. The van der Waals surface area contributed by atoms with Crippen molar-refractivity contribution in [1.82, 2.24) is 10.6 Å². The first-order valence-electron chi connectivity index (χ1n) is 33.2. The molecule has 0 aliphatic carbocycles. The Labute approximate surface area is 584 Å². The van der Waals surface area contributed by atoms with Gasteiger partial charge in [0.05, 0.1) is 58.0 Å². The van der Waals surface area contributed by atoms with E-state index >= 15 is 0 Å². The summed E-state index contributed by atoms with van der Waals surface area (Å²) in [7, 11) is 0. The van der Waals surface area contributed by atoms with Crippen molar-refractivity contribution in [1.29, 1.82) is 0 Å². The highest BCUT2D eigenvalue weighted by Crippen LogP contribution is 2.41. The molecule has 0 spiro atoms. The molecular formula is C58H98N2O43. The molecule has 9 rings (SSSR count). The minimum atomic E-state index is -2.49. The molecule has 45 heteroatoms. The van der Waals surface area contributed by atoms with Crippen molar-refractivity contribution in [2.24, 2.45) is 0 Å². The van der Waals surface area contributed by atoms with Gasteiger partial charge in [-0.3, -0.25) is 9.59 Å². The maximum atomic E-state index is 13.6. The summed E-state index contributed by atoms with van der Waals surface area (Å²) in [5.74, 6) is -1.96. The second-order valence-corrected chi connectivity index (χ2v) is 26.6. The largest absolute Gasteiger partial charge is 0.394 e. The summed E-state index contributed by atoms with van der Waals surface area (Å²) in [5.41, 5.74) is 0. The highest BCUT2D eigenvalue weighted by Gasteiger charge is 2.61. The Morgan fingerprint density at radius 1 is 0.272 bits per heavy atom. The van der Waals surface area contributed by atoms with Gasteiger partial charge in [-0.05, 0) is 20.8 Å². The quantitative estimate of drug-likeness (QED) is 0.0427. The highest BCUT2D eigenvalue weighted by molar-refractivity contribution is 5.73. The Hall–Kier alpha value is -2.70. The summed E-state index contributed by atoms with van der Waals surface area (Å²) < 4.78 is 102. The molecule has 0 aromatic carbocycles. The summed E-state index contributed by atoms with van der Waals surface area (Å²) >= 11 is 0. The number of hydrogen-bond donors (Lipinski definition) is 26. The Bertz CT molecular complexity index is 2660. The summed E-state index contributed by atoms with van der Waals surface area (Å²) in [6.45, 7) is -0.979. The third kappa shape index (κ3) is 18.0. The number of ether oxygens (including phenoxy) is 17. The van der Waals surface area contributed by atoms with Crippen molar-refractivity contribution in [2.45, 2.75) is 311 Å². The van der Waals surface area contributed by atoms with Crippen LogP contribution in [-0.4, -0.2) is 450 Å². The predicted molar refractivity (Wildman–Crippen MR) is 316 cm³/mol. The van der Waals surface area contributed by atoms with E-state index in [0.717, 1.165) is 13.8 Å². The van der Waals surface area contributed by atoms with Gasteiger partial charge in [-0.25, -0.2) is 0 Å². The first-order chi connectivity index (χ1) is 48.6. The van der Waals surface area contributed by atoms with Crippen LogP contribution in [0.2, 0.25) is 0 Å². The molecule has 9 aliphatic heterocycles. The van der Waals surface area contributed by atoms with E-state index in [4.69, 9.17) is 80.5 Å². The van der Waals surface area contributed by atoms with Crippen molar-refractivity contribution in [3.63, 3.8) is 0 Å². The molecule has 45 nitrogen and oxygen atoms in total. The van der Waals surface area contributed by atoms with Crippen LogP contribution in [-0.2, 0) is 90.1 Å². The minimum absolute atomic E-state index is 0.916. The number of rotatable bonds is 24. The number of carbonyl (C=O) groups excluding carboxylic acids is 2. The standard InChI is InChI=1S/C58H98N2O43/c1-12-25(68)31(74)38(81)53(88-12)98-45-21(10-65)95-52(24(60-16(5)67)47(45)101-58-49(35(78)29(72)18(7-62)93-58)103-55-40(83)33(76)27(70)14(3)90-55)102-48-30(73)22(96-57(42(48)85)97-43-19(8-63)91-50(86)37(80)36(43)79)11-87-51-23(59-15(4)66)46(100-54-39(82)32(75)26(69)13(2)89-54)44(20(9-64)94-51)99-56-41(84)34(77)28(71)17(6-61)92-56/h12-14,17-58,61-65,68-86H,6-11H2,1-5H3,(H,59,66)(H,60,67)/t12-,13-,14-,17+,18+,19+,20+,21+,22+,23+,24+,25+,26+,27+,28-,29-,30-,31+,32+,33+,34-,35-,36+,37+,38-,39-,40-,41+,42+,43+,44+,45+,46-,47+,48-,49+,50+,51+,52-,53-,54-,55-,56-,57-,58-/m0/s1. The number of carbonyl (C=O) groups is 2. The van der Waals surface area contributed by atoms with Gasteiger partial charge in [0.2, 0.25) is 11.8 Å². The Morgan fingerprint density at radius 3 is 1.03 bits per heavy atom. The van der Waals surface area contributed by atoms with Gasteiger partial charge in [0.1, 0.15) is 201 Å². The summed E-state index contributed by atoms with van der Waals surface area (Å²) in [5, 5.41) is 269. The molecule has 0 radical (unpaired) electrons. The van der Waals surface area contributed by atoms with Gasteiger partial charge < -0.3 is 214 Å². The number of amides is 2. The summed E-state index contributed by atoms with van der Waals surface area (Å²) in [6.07, 6.45) is -86.3. The molecule has 0 aromatic heterocycles. The summed E-state index contributed by atoms with van der Waals surface area (Å²) in [4.78, 5) is 27.0. The van der Waals surface area contributed by atoms with Crippen molar-refractivity contribution >= 4 is 11.8 Å². The zero-order valence-corrected chi connectivity index (χ0v) is 55.7. The molecule has 26 N–H and O–H groups in total. The van der Waals surface area contributed by atoms with E-state index in [1.54, 1.807) is 0 Å². The molecular weight excluding hydrogens is 1410 g/mol. The summed E-state index contributed by atoms with van der Waals surface area (Å²) in [6, 6.07) is -3.97. The lowest BCUT2D eigenvalue weighted by Crippen LogP contribution is -2.72. The van der Waals surface area contributed by atoms with Crippen molar-refractivity contribution in [3.8, 4) is 0 Å². The van der Waals surface area contributed by atoms with Gasteiger partial charge in [0.15, 0.2) is 56.6 Å². The number of hydrogen-bond acceptors (Lipinski definition) is 43. The third-order valence-corrected chi connectivity index (χ3v) is 19.4. The molecule has 0 unspecified atom stereocenters. The minimum Gasteiger partial charge on any atom is -0.394 e. The van der Waals surface area contributed by atoms with E-state index in [0.29, 0.717) is 0 Å². The van der Waals surface area contributed by atoms with E-state index in [-0.39, 0.29) is 0 Å². The topological polar surface area (TPSA) is 701 Å². The van der Waals surface area contributed by atoms with Crippen molar-refractivity contribution in [3.05, 3.63) is 0 Å². The zero-order chi connectivity index (χ0) is 75.8. The van der Waals surface area contributed by atoms with Crippen LogP contribution in [0.1, 0.15) is 34.6 Å². The Morgan fingerprint density at radius 2 is 0.583 bits per heavy atom. The number of aliphatic hydroxyl groups is 24. The lowest BCUT2D eigenvalue weighted by molar-refractivity contribution is -0.401. The van der Waals surface area contributed by atoms with Crippen LogP contribution < -0.4 is 10.6 Å². The number of aliphatic hydroxyl groups excluding tert-OH is 24. The van der Waals surface area contributed by atoms with E-state index < -0.39 is 328 Å². The molecule has 598 valence electrons. The van der Waals surface area contributed by atoms with Crippen LogP contribution in [0, 0.1) is 0 Å². The molecule has 9 aliphatic rings. The second-order valence-electron chi connectivity index (χ2n) is 26.6. The lowest BCUT2D eigenvalue weighted by atomic mass is 9.93. The third-order valence-electron chi connectivity index (χ3n) is 19.4. The van der Waals surface area contributed by atoms with Gasteiger partial charge in [-0.1, -0.05) is 0 Å². The van der Waals surface area contributed by atoms with Gasteiger partial charge in [-0.15, -0.1) is 0 Å². The highest BCUT2D eigenvalue weighted by atomic mass is 16.8. The molecule has 0 saturated carbocycles. The van der Waals surface area contributed by atoms with E-state index in [1.807, 2.05) is 0 Å². The van der Waals surface area contributed by atoms with Crippen LogP contribution in [0.25, 0.3) is 0 Å². The van der Waals surface area contributed by atoms with Crippen LogP contribution in [0.5, 0.6) is 0 Å². The lowest BCUT2D eigenvalue weighted by Gasteiger charge is -2.52. The number of nitrogens with one attached hydrogen (secondary N) is 2. The maximum Gasteiger partial charge on any atom is 0.217 e. The van der Waals surface area contributed by atoms with E-state index in [9.17, 15) is 132 Å². The molecule has 45 atom stereocenters. The maximum absolute atomic E-state index is 13.6.